The minimum Gasteiger partial charge on any atom is -0.309 e. The number of aryl methyl sites for hydroxylation is 4. The molecule has 0 N–H and O–H groups in total. The van der Waals surface area contributed by atoms with Crippen LogP contribution in [-0.4, -0.2) is 34.1 Å². The fraction of sp³-hybridized carbons (Fsp3) is 0.0851. The zero-order valence-electron chi connectivity index (χ0n) is 30.4. The summed E-state index contributed by atoms with van der Waals surface area (Å²) in [6.07, 6.45) is 3.52. The van der Waals surface area contributed by atoms with Crippen LogP contribution in [0.2, 0.25) is 0 Å². The summed E-state index contributed by atoms with van der Waals surface area (Å²) >= 11 is 0. The lowest BCUT2D eigenvalue weighted by molar-refractivity contribution is 1.04. The van der Waals surface area contributed by atoms with Gasteiger partial charge in [-0.3, -0.25) is 9.97 Å². The van der Waals surface area contributed by atoms with Gasteiger partial charge in [0.05, 0.1) is 22.1 Å². The van der Waals surface area contributed by atoms with Gasteiger partial charge in [0, 0.05) is 50.9 Å². The average Bonchev–Trinajstić information content (AvgIpc) is 3.69. The number of rotatable bonds is 5. The van der Waals surface area contributed by atoms with Crippen molar-refractivity contribution in [1.29, 1.82) is 0 Å². The Kier molecular flexibility index (Phi) is 7.23. The summed E-state index contributed by atoms with van der Waals surface area (Å²) in [5.41, 5.74) is 13.6. The Morgan fingerprint density at radius 3 is 1.09 bits per heavy atom. The molecule has 0 amide bonds. The molecule has 0 aliphatic heterocycles. The molecule has 7 heteroatoms. The summed E-state index contributed by atoms with van der Waals surface area (Å²) in [6.45, 7) is 8.62. The predicted molar refractivity (Wildman–Crippen MR) is 219 cm³/mol. The van der Waals surface area contributed by atoms with Crippen LogP contribution in [0.25, 0.3) is 89.4 Å². The van der Waals surface area contributed by atoms with Crippen LogP contribution < -0.4 is 0 Å². The van der Waals surface area contributed by atoms with Crippen molar-refractivity contribution < 1.29 is 0 Å². The molecule has 5 aromatic carbocycles. The quantitative estimate of drug-likeness (QED) is 0.179. The molecule has 258 valence electrons. The van der Waals surface area contributed by atoms with Crippen molar-refractivity contribution in [3.05, 3.63) is 162 Å². The Morgan fingerprint density at radius 2 is 0.741 bits per heavy atom. The van der Waals surface area contributed by atoms with E-state index in [-0.39, 0.29) is 0 Å². The van der Waals surface area contributed by atoms with Gasteiger partial charge in [-0.25, -0.2) is 15.0 Å². The zero-order valence-corrected chi connectivity index (χ0v) is 30.4. The van der Waals surface area contributed by atoms with Crippen molar-refractivity contribution in [2.45, 2.75) is 27.7 Å². The Morgan fingerprint density at radius 1 is 0.370 bits per heavy atom. The van der Waals surface area contributed by atoms with E-state index in [2.05, 4.69) is 138 Å². The number of aromatic nitrogens is 7. The Labute approximate surface area is 312 Å². The molecule has 0 atom stereocenters. The first kappa shape index (κ1) is 31.7. The second kappa shape index (κ2) is 12.3. The van der Waals surface area contributed by atoms with Gasteiger partial charge in [-0.15, -0.1) is 0 Å². The first-order chi connectivity index (χ1) is 26.4. The Balaban J connectivity index is 1.32. The molecule has 5 heterocycles. The lowest BCUT2D eigenvalue weighted by atomic mass is 10.1. The average molecular weight is 698 g/mol. The van der Waals surface area contributed by atoms with Gasteiger partial charge in [-0.2, -0.15) is 0 Å². The molecule has 10 rings (SSSR count). The number of fused-ring (bicyclic) bond motifs is 6. The van der Waals surface area contributed by atoms with Crippen molar-refractivity contribution in [1.82, 2.24) is 34.1 Å². The number of pyridine rings is 2. The number of hydrogen-bond donors (Lipinski definition) is 0. The van der Waals surface area contributed by atoms with E-state index in [4.69, 9.17) is 15.0 Å². The molecule has 0 aliphatic carbocycles. The predicted octanol–water partition coefficient (Wildman–Crippen LogP) is 11.1. The molecule has 7 nitrogen and oxygen atoms in total. The maximum absolute atomic E-state index is 5.11. The fourth-order valence-electron chi connectivity index (χ4n) is 7.76. The first-order valence-corrected chi connectivity index (χ1v) is 18.2. The Hall–Kier alpha value is -6.99. The summed E-state index contributed by atoms with van der Waals surface area (Å²) in [7, 11) is 0. The third kappa shape index (κ3) is 5.24. The van der Waals surface area contributed by atoms with Crippen molar-refractivity contribution in [2.75, 3.05) is 0 Å². The molecule has 0 spiro atoms. The highest BCUT2D eigenvalue weighted by atomic mass is 15.1. The van der Waals surface area contributed by atoms with Gasteiger partial charge < -0.3 is 9.13 Å². The first-order valence-electron chi connectivity index (χ1n) is 18.2. The maximum atomic E-state index is 5.11. The van der Waals surface area contributed by atoms with Gasteiger partial charge in [-0.1, -0.05) is 58.7 Å². The summed E-state index contributed by atoms with van der Waals surface area (Å²) in [5.74, 6) is 1.51. The van der Waals surface area contributed by atoms with E-state index in [1.54, 1.807) is 12.4 Å². The molecule has 0 saturated heterocycles. The fourth-order valence-corrected chi connectivity index (χ4v) is 7.76. The van der Waals surface area contributed by atoms with Crippen LogP contribution in [0.1, 0.15) is 22.3 Å². The summed E-state index contributed by atoms with van der Waals surface area (Å²) in [5, 5.41) is 4.88. The molecule has 10 aromatic rings. The van der Waals surface area contributed by atoms with Crippen LogP contribution in [0, 0.1) is 27.7 Å². The minimum absolute atomic E-state index is 0.485. The van der Waals surface area contributed by atoms with E-state index in [0.717, 1.165) is 39.0 Å². The normalized spacial score (nSPS) is 11.7. The van der Waals surface area contributed by atoms with Crippen LogP contribution in [-0.2, 0) is 0 Å². The molecule has 5 aromatic heterocycles. The SMILES string of the molecule is Cc1ccc2c(c1)c1cc(C)ccc1n2-c1cc(-c2nc(-c3ccccn3)nc(-c3ccccn3)n2)cc(-n2c3ccc(C)cc3c3cc(C)ccc32)c1. The van der Waals surface area contributed by atoms with Gasteiger partial charge in [0.2, 0.25) is 0 Å². The topological polar surface area (TPSA) is 74.3 Å². The van der Waals surface area contributed by atoms with Gasteiger partial charge in [0.1, 0.15) is 11.4 Å². The lowest BCUT2D eigenvalue weighted by Crippen LogP contribution is -2.04. The number of nitrogens with zero attached hydrogens (tertiary/aromatic N) is 7. The summed E-state index contributed by atoms with van der Waals surface area (Å²) in [4.78, 5) is 24.3. The molecule has 0 unspecified atom stereocenters. The van der Waals surface area contributed by atoms with Crippen molar-refractivity contribution >= 4 is 43.6 Å². The van der Waals surface area contributed by atoms with Gasteiger partial charge >= 0.3 is 0 Å². The molecule has 0 fully saturated rings. The van der Waals surface area contributed by atoms with E-state index in [1.807, 2.05) is 36.4 Å². The van der Waals surface area contributed by atoms with Crippen molar-refractivity contribution in [3.63, 3.8) is 0 Å². The standard InChI is InChI=1S/C47H35N7/c1-28-11-15-41-35(21-28)36-22-29(2)12-16-42(36)53(41)33-25-32(45-50-46(39-9-5-7-19-48-39)52-47(51-45)40-10-6-8-20-49-40)26-34(27-33)54-43-17-13-30(3)23-37(43)38-24-31(4)14-18-44(38)54/h5-27H,1-4H3. The van der Waals surface area contributed by atoms with E-state index >= 15 is 0 Å². The van der Waals surface area contributed by atoms with E-state index in [9.17, 15) is 0 Å². The zero-order chi connectivity index (χ0) is 36.5. The lowest BCUT2D eigenvalue weighted by Gasteiger charge is -2.16. The highest BCUT2D eigenvalue weighted by molar-refractivity contribution is 6.11. The van der Waals surface area contributed by atoms with Crippen molar-refractivity contribution in [2.24, 2.45) is 0 Å². The number of benzene rings is 5. The second-order valence-electron chi connectivity index (χ2n) is 14.2. The molecule has 0 bridgehead atoms. The second-order valence-corrected chi connectivity index (χ2v) is 14.2. The molecule has 54 heavy (non-hydrogen) atoms. The summed E-state index contributed by atoms with van der Waals surface area (Å²) < 4.78 is 4.75. The molecular weight excluding hydrogens is 663 g/mol. The van der Waals surface area contributed by atoms with Crippen LogP contribution in [0.3, 0.4) is 0 Å². The molecule has 0 radical (unpaired) electrons. The van der Waals surface area contributed by atoms with E-state index in [0.29, 0.717) is 28.9 Å². The molecule has 0 saturated carbocycles. The monoisotopic (exact) mass is 697 g/mol. The Bertz CT molecular complexity index is 2770. The number of hydrogen-bond acceptors (Lipinski definition) is 5. The third-order valence-electron chi connectivity index (χ3n) is 10.3. The van der Waals surface area contributed by atoms with Gasteiger partial charge in [-0.05, 0) is 119 Å². The van der Waals surface area contributed by atoms with E-state index in [1.165, 1.54) is 43.8 Å². The van der Waals surface area contributed by atoms with Crippen LogP contribution in [0.4, 0.5) is 0 Å². The van der Waals surface area contributed by atoms with Crippen LogP contribution >= 0.6 is 0 Å². The maximum Gasteiger partial charge on any atom is 0.182 e. The largest absolute Gasteiger partial charge is 0.309 e. The van der Waals surface area contributed by atoms with E-state index < -0.39 is 0 Å². The minimum atomic E-state index is 0.485. The molecule has 0 aliphatic rings. The van der Waals surface area contributed by atoms with Crippen LogP contribution in [0.5, 0.6) is 0 Å². The summed E-state index contributed by atoms with van der Waals surface area (Å²) in [6, 6.07) is 45.1. The van der Waals surface area contributed by atoms with Gasteiger partial charge in [0.15, 0.2) is 17.5 Å². The third-order valence-corrected chi connectivity index (χ3v) is 10.3. The van der Waals surface area contributed by atoms with Crippen LogP contribution in [0.15, 0.2) is 140 Å². The highest BCUT2D eigenvalue weighted by Crippen LogP contribution is 2.38. The molecular formula is C47H35N7. The smallest absolute Gasteiger partial charge is 0.182 e. The van der Waals surface area contributed by atoms with Gasteiger partial charge in [0.25, 0.3) is 0 Å². The van der Waals surface area contributed by atoms with Crippen molar-refractivity contribution in [3.8, 4) is 45.8 Å². The highest BCUT2D eigenvalue weighted by Gasteiger charge is 2.20.